The van der Waals surface area contributed by atoms with Gasteiger partial charge >= 0.3 is 12.6 Å². The molecule has 1 fully saturated rings. The van der Waals surface area contributed by atoms with E-state index in [4.69, 9.17) is 4.74 Å². The fourth-order valence-corrected chi connectivity index (χ4v) is 3.29. The maximum absolute atomic E-state index is 12.5. The Bertz CT molecular complexity index is 964. The number of ether oxygens (including phenoxy) is 2. The maximum Gasteiger partial charge on any atom is 0.387 e. The Morgan fingerprint density at radius 1 is 1.23 bits per heavy atom. The van der Waals surface area contributed by atoms with E-state index in [1.54, 1.807) is 12.1 Å². The van der Waals surface area contributed by atoms with E-state index in [1.807, 2.05) is 19.9 Å². The Kier molecular flexibility index (Phi) is 6.54. The van der Waals surface area contributed by atoms with Crippen LogP contribution in [0.1, 0.15) is 42.8 Å². The molecule has 1 amide bonds. The van der Waals surface area contributed by atoms with Gasteiger partial charge in [0.05, 0.1) is 5.69 Å². The Hall–Kier alpha value is -3.16. The van der Waals surface area contributed by atoms with Gasteiger partial charge in [-0.1, -0.05) is 12.1 Å². The molecule has 30 heavy (non-hydrogen) atoms. The van der Waals surface area contributed by atoms with Crippen molar-refractivity contribution in [2.24, 2.45) is 0 Å². The Balaban J connectivity index is 1.59. The predicted molar refractivity (Wildman–Crippen MR) is 108 cm³/mol. The van der Waals surface area contributed by atoms with Crippen molar-refractivity contribution < 1.29 is 27.8 Å². The van der Waals surface area contributed by atoms with Gasteiger partial charge in [0, 0.05) is 23.5 Å². The summed E-state index contributed by atoms with van der Waals surface area (Å²) in [5, 5.41) is 2.43. The number of carbonyl (C=O) groups is 2. The van der Waals surface area contributed by atoms with Crippen molar-refractivity contribution >= 4 is 23.6 Å². The number of carbonyl (C=O) groups excluding carboxylic acids is 2. The molecule has 3 rings (SSSR count). The average Bonchev–Trinajstić information content (AvgIpc) is 3.46. The average molecular weight is 418 g/mol. The zero-order chi connectivity index (χ0) is 21.8. The summed E-state index contributed by atoms with van der Waals surface area (Å²) in [6, 6.07) is 8.33. The largest absolute Gasteiger partial charge is 0.449 e. The Morgan fingerprint density at radius 3 is 2.60 bits per heavy atom. The fraction of sp³-hybridized carbons (Fsp3) is 0.364. The van der Waals surface area contributed by atoms with Crippen LogP contribution in [0.3, 0.4) is 0 Å². The normalized spacial score (nSPS) is 14.7. The third-order valence-corrected chi connectivity index (χ3v) is 4.86. The highest BCUT2D eigenvalue weighted by atomic mass is 19.3. The molecule has 0 bridgehead atoms. The second-order valence-corrected chi connectivity index (χ2v) is 7.20. The molecule has 6 nitrogen and oxygen atoms in total. The molecule has 0 aliphatic heterocycles. The first-order valence-electron chi connectivity index (χ1n) is 9.68. The third-order valence-electron chi connectivity index (χ3n) is 4.86. The molecule has 1 saturated carbocycles. The molecule has 1 aliphatic carbocycles. The van der Waals surface area contributed by atoms with Gasteiger partial charge in [-0.05, 0) is 63.5 Å². The Labute approximate surface area is 173 Å². The molecule has 8 heteroatoms. The van der Waals surface area contributed by atoms with E-state index in [0.29, 0.717) is 6.04 Å². The van der Waals surface area contributed by atoms with E-state index >= 15 is 0 Å². The van der Waals surface area contributed by atoms with E-state index in [-0.39, 0.29) is 11.4 Å². The molecule has 0 spiro atoms. The maximum atomic E-state index is 12.5. The number of benzene rings is 1. The summed E-state index contributed by atoms with van der Waals surface area (Å²) in [7, 11) is 0. The number of hydrogen-bond donors (Lipinski definition) is 1. The van der Waals surface area contributed by atoms with Crippen molar-refractivity contribution in [2.45, 2.75) is 52.4 Å². The van der Waals surface area contributed by atoms with Gasteiger partial charge in [-0.15, -0.1) is 0 Å². The van der Waals surface area contributed by atoms with Crippen LogP contribution in [0, 0.1) is 13.8 Å². The highest BCUT2D eigenvalue weighted by Gasteiger charge is 2.26. The van der Waals surface area contributed by atoms with Crippen LogP contribution in [0.5, 0.6) is 5.75 Å². The Morgan fingerprint density at radius 2 is 1.93 bits per heavy atom. The smallest absolute Gasteiger partial charge is 0.387 e. The van der Waals surface area contributed by atoms with Crippen molar-refractivity contribution in [3.63, 3.8) is 0 Å². The molecule has 2 aromatic rings. The second kappa shape index (κ2) is 9.11. The lowest BCUT2D eigenvalue weighted by Gasteiger charge is -2.15. The molecule has 1 aromatic heterocycles. The number of anilines is 1. The number of nitrogens with zero attached hydrogens (tertiary/aromatic N) is 1. The van der Waals surface area contributed by atoms with Gasteiger partial charge in [0.1, 0.15) is 5.75 Å². The van der Waals surface area contributed by atoms with E-state index in [1.165, 1.54) is 44.0 Å². The van der Waals surface area contributed by atoms with Crippen LogP contribution in [0.15, 0.2) is 36.4 Å². The minimum absolute atomic E-state index is 0.0637. The molecular formula is C22H24F2N2O4. The van der Waals surface area contributed by atoms with E-state index in [2.05, 4.69) is 14.6 Å². The topological polar surface area (TPSA) is 69.6 Å². The number of alkyl halides is 2. The minimum atomic E-state index is -3.02. The van der Waals surface area contributed by atoms with E-state index < -0.39 is 24.6 Å². The van der Waals surface area contributed by atoms with Crippen molar-refractivity contribution in [1.29, 1.82) is 0 Å². The van der Waals surface area contributed by atoms with Crippen LogP contribution < -0.4 is 10.1 Å². The van der Waals surface area contributed by atoms with Crippen LogP contribution in [0.2, 0.25) is 0 Å². The van der Waals surface area contributed by atoms with Gasteiger partial charge in [-0.3, -0.25) is 4.79 Å². The number of aryl methyl sites for hydroxylation is 1. The summed E-state index contributed by atoms with van der Waals surface area (Å²) in [6.07, 6.45) is 4.15. The van der Waals surface area contributed by atoms with Crippen molar-refractivity contribution in [2.75, 3.05) is 5.32 Å². The second-order valence-electron chi connectivity index (χ2n) is 7.20. The molecule has 160 valence electrons. The molecule has 1 atom stereocenters. The fourth-order valence-electron chi connectivity index (χ4n) is 3.29. The van der Waals surface area contributed by atoms with Gasteiger partial charge in [0.25, 0.3) is 5.91 Å². The van der Waals surface area contributed by atoms with Crippen molar-refractivity contribution in [3.8, 4) is 5.75 Å². The summed E-state index contributed by atoms with van der Waals surface area (Å²) >= 11 is 0. The van der Waals surface area contributed by atoms with Crippen LogP contribution in [0.4, 0.5) is 14.5 Å². The molecule has 1 aliphatic rings. The lowest BCUT2D eigenvalue weighted by Crippen LogP contribution is -2.29. The number of para-hydroxylation sites is 2. The summed E-state index contributed by atoms with van der Waals surface area (Å²) in [4.78, 5) is 24.4. The quantitative estimate of drug-likeness (QED) is 0.502. The standard InChI is InChI=1S/C22H24F2N2O4/c1-13-12-16(14(2)26(13)17-9-10-17)8-11-20(27)29-15(3)21(28)25-18-6-4-5-7-19(18)30-22(23)24/h4-8,11-12,15,17,22H,9-10H2,1-3H3,(H,25,28)/b11-8+/t15-/m1/s1. The third kappa shape index (κ3) is 5.25. The van der Waals surface area contributed by atoms with Crippen LogP contribution >= 0.6 is 0 Å². The summed E-state index contributed by atoms with van der Waals surface area (Å²) < 4.78 is 36.7. The van der Waals surface area contributed by atoms with Gasteiger partial charge in [-0.2, -0.15) is 8.78 Å². The van der Waals surface area contributed by atoms with Crippen LogP contribution in [0.25, 0.3) is 6.08 Å². The number of amides is 1. The monoisotopic (exact) mass is 418 g/mol. The summed E-state index contributed by atoms with van der Waals surface area (Å²) in [5.41, 5.74) is 3.21. The molecular weight excluding hydrogens is 394 g/mol. The molecule has 0 radical (unpaired) electrons. The minimum Gasteiger partial charge on any atom is -0.449 e. The SMILES string of the molecule is Cc1cc(/C=C/C(=O)O[C@H](C)C(=O)Nc2ccccc2OC(F)F)c(C)n1C1CC1. The number of aromatic nitrogens is 1. The zero-order valence-electron chi connectivity index (χ0n) is 17.0. The number of nitrogens with one attached hydrogen (secondary N) is 1. The number of esters is 1. The highest BCUT2D eigenvalue weighted by Crippen LogP contribution is 2.38. The molecule has 0 saturated heterocycles. The molecule has 0 unspecified atom stereocenters. The van der Waals surface area contributed by atoms with E-state index in [0.717, 1.165) is 17.0 Å². The van der Waals surface area contributed by atoms with Crippen LogP contribution in [-0.4, -0.2) is 29.2 Å². The first-order valence-corrected chi connectivity index (χ1v) is 9.68. The van der Waals surface area contributed by atoms with Gasteiger partial charge in [0.15, 0.2) is 6.10 Å². The van der Waals surface area contributed by atoms with Gasteiger partial charge in [-0.25, -0.2) is 4.79 Å². The lowest BCUT2D eigenvalue weighted by molar-refractivity contribution is -0.148. The number of halogens is 2. The number of rotatable bonds is 8. The first-order chi connectivity index (χ1) is 14.3. The zero-order valence-corrected chi connectivity index (χ0v) is 17.0. The molecule has 1 N–H and O–H groups in total. The van der Waals surface area contributed by atoms with Crippen molar-refractivity contribution in [1.82, 2.24) is 4.57 Å². The van der Waals surface area contributed by atoms with Crippen LogP contribution in [-0.2, 0) is 14.3 Å². The van der Waals surface area contributed by atoms with Crippen molar-refractivity contribution in [3.05, 3.63) is 53.4 Å². The molecule has 1 heterocycles. The first kappa shape index (κ1) is 21.5. The summed E-state index contributed by atoms with van der Waals surface area (Å²) in [5.74, 6) is -1.51. The highest BCUT2D eigenvalue weighted by molar-refractivity contribution is 5.97. The van der Waals surface area contributed by atoms with E-state index in [9.17, 15) is 18.4 Å². The van der Waals surface area contributed by atoms with Gasteiger partial charge < -0.3 is 19.4 Å². The predicted octanol–water partition coefficient (Wildman–Crippen LogP) is 4.62. The summed E-state index contributed by atoms with van der Waals surface area (Å²) in [6.45, 7) is 2.41. The van der Waals surface area contributed by atoms with Gasteiger partial charge in [0.2, 0.25) is 0 Å². The lowest BCUT2D eigenvalue weighted by atomic mass is 10.2. The number of hydrogen-bond acceptors (Lipinski definition) is 4. The molecule has 1 aromatic carbocycles.